The Labute approximate surface area is 165 Å². The van der Waals surface area contributed by atoms with Crippen molar-refractivity contribution in [3.05, 3.63) is 30.5 Å². The van der Waals surface area contributed by atoms with Gasteiger partial charge >= 0.3 is 5.97 Å². The summed E-state index contributed by atoms with van der Waals surface area (Å²) in [4.78, 5) is 18.1. The minimum absolute atomic E-state index is 0.178. The van der Waals surface area contributed by atoms with Crippen molar-refractivity contribution < 1.29 is 22.7 Å². The molecule has 0 radical (unpaired) electrons. The fourth-order valence-corrected chi connectivity index (χ4v) is 4.88. The van der Waals surface area contributed by atoms with Gasteiger partial charge < -0.3 is 9.47 Å². The Morgan fingerprint density at radius 2 is 1.86 bits per heavy atom. The van der Waals surface area contributed by atoms with Crippen molar-refractivity contribution in [2.24, 2.45) is 0 Å². The number of piperazine rings is 1. The number of hydrogen-bond acceptors (Lipinski definition) is 7. The second-order valence-corrected chi connectivity index (χ2v) is 8.29. The van der Waals surface area contributed by atoms with Gasteiger partial charge in [-0.05, 0) is 38.1 Å². The fraction of sp³-hybridized carbons (Fsp3) is 0.474. The number of fused-ring (bicyclic) bond motifs is 1. The lowest BCUT2D eigenvalue weighted by Gasteiger charge is -2.33. The molecule has 0 atom stereocenters. The third-order valence-corrected chi connectivity index (χ3v) is 6.56. The van der Waals surface area contributed by atoms with Crippen LogP contribution in [0.5, 0.6) is 5.75 Å². The molecule has 0 unspecified atom stereocenters. The molecular weight excluding hydrogens is 382 g/mol. The highest BCUT2D eigenvalue weighted by Gasteiger charge is 2.31. The molecule has 1 aromatic heterocycles. The Hall–Kier alpha value is -2.23. The van der Waals surface area contributed by atoms with E-state index in [2.05, 4.69) is 4.98 Å². The molecule has 0 saturated carbocycles. The number of hydrogen-bond donors (Lipinski definition) is 0. The number of pyridine rings is 1. The highest BCUT2D eigenvalue weighted by atomic mass is 32.2. The maximum Gasteiger partial charge on any atom is 0.320 e. The maximum atomic E-state index is 13.2. The Kier molecular flexibility index (Phi) is 6.48. The lowest BCUT2D eigenvalue weighted by molar-refractivity contribution is -0.144. The normalized spacial score (nSPS) is 16.2. The van der Waals surface area contributed by atoms with Crippen molar-refractivity contribution in [2.75, 3.05) is 45.9 Å². The zero-order chi connectivity index (χ0) is 20.1. The fourth-order valence-electron chi connectivity index (χ4n) is 3.27. The highest BCUT2D eigenvalue weighted by molar-refractivity contribution is 7.89. The van der Waals surface area contributed by atoms with Crippen molar-refractivity contribution >= 4 is 26.9 Å². The summed E-state index contributed by atoms with van der Waals surface area (Å²) in [5.74, 6) is 0.277. The van der Waals surface area contributed by atoms with Gasteiger partial charge in [-0.15, -0.1) is 0 Å². The summed E-state index contributed by atoms with van der Waals surface area (Å²) in [6.07, 6.45) is 1.62. The minimum atomic E-state index is -3.69. The molecular formula is C19H25N3O5S. The molecule has 0 aliphatic carbocycles. The summed E-state index contributed by atoms with van der Waals surface area (Å²) >= 11 is 0. The average Bonchev–Trinajstić information content (AvgIpc) is 2.69. The van der Waals surface area contributed by atoms with Crippen LogP contribution in [0.25, 0.3) is 10.9 Å². The molecule has 9 heteroatoms. The van der Waals surface area contributed by atoms with E-state index in [-0.39, 0.29) is 17.4 Å². The maximum absolute atomic E-state index is 13.2. The molecule has 28 heavy (non-hydrogen) atoms. The SMILES string of the molecule is CCOC(=O)CN1CCN(S(=O)(=O)c2ccc(OCC)c3ncccc23)CC1. The first-order chi connectivity index (χ1) is 13.5. The van der Waals surface area contributed by atoms with Crippen molar-refractivity contribution in [2.45, 2.75) is 18.7 Å². The van der Waals surface area contributed by atoms with E-state index in [1.807, 2.05) is 11.8 Å². The average molecular weight is 407 g/mol. The van der Waals surface area contributed by atoms with Crippen LogP contribution in [-0.2, 0) is 19.6 Å². The number of ether oxygens (including phenoxy) is 2. The van der Waals surface area contributed by atoms with Gasteiger partial charge in [-0.3, -0.25) is 14.7 Å². The Morgan fingerprint density at radius 3 is 2.54 bits per heavy atom. The lowest BCUT2D eigenvalue weighted by atomic mass is 10.2. The summed E-state index contributed by atoms with van der Waals surface area (Å²) in [6, 6.07) is 6.70. The molecule has 0 amide bonds. The molecule has 2 heterocycles. The Balaban J connectivity index is 1.81. The van der Waals surface area contributed by atoms with E-state index in [9.17, 15) is 13.2 Å². The van der Waals surface area contributed by atoms with Crippen molar-refractivity contribution in [1.82, 2.24) is 14.2 Å². The number of esters is 1. The predicted octanol–water partition coefficient (Wildman–Crippen LogP) is 1.50. The van der Waals surface area contributed by atoms with Gasteiger partial charge in [-0.25, -0.2) is 8.42 Å². The van der Waals surface area contributed by atoms with Crippen molar-refractivity contribution in [1.29, 1.82) is 0 Å². The molecule has 1 aromatic carbocycles. The summed E-state index contributed by atoms with van der Waals surface area (Å²) in [7, 11) is -3.69. The number of benzene rings is 1. The second-order valence-electron chi connectivity index (χ2n) is 6.38. The second kappa shape index (κ2) is 8.85. The topological polar surface area (TPSA) is 89.0 Å². The molecule has 0 spiro atoms. The zero-order valence-corrected chi connectivity index (χ0v) is 16.9. The molecule has 2 aromatic rings. The van der Waals surface area contributed by atoms with Crippen LogP contribution in [0.1, 0.15) is 13.8 Å². The Bertz CT molecular complexity index is 940. The first kappa shape index (κ1) is 20.5. The molecule has 8 nitrogen and oxygen atoms in total. The van der Waals surface area contributed by atoms with Crippen LogP contribution >= 0.6 is 0 Å². The van der Waals surface area contributed by atoms with Crippen LogP contribution in [0.2, 0.25) is 0 Å². The molecule has 0 N–H and O–H groups in total. The smallest absolute Gasteiger partial charge is 0.320 e. The van der Waals surface area contributed by atoms with Gasteiger partial charge in [0, 0.05) is 37.8 Å². The lowest BCUT2D eigenvalue weighted by Crippen LogP contribution is -2.50. The van der Waals surface area contributed by atoms with Crippen LogP contribution in [0, 0.1) is 0 Å². The third-order valence-electron chi connectivity index (χ3n) is 4.60. The van der Waals surface area contributed by atoms with Gasteiger partial charge in [0.2, 0.25) is 10.0 Å². The molecule has 3 rings (SSSR count). The van der Waals surface area contributed by atoms with Crippen LogP contribution in [0.4, 0.5) is 0 Å². The van der Waals surface area contributed by atoms with E-state index in [1.165, 1.54) is 4.31 Å². The van der Waals surface area contributed by atoms with Gasteiger partial charge in [-0.2, -0.15) is 4.31 Å². The highest BCUT2D eigenvalue weighted by Crippen LogP contribution is 2.31. The summed E-state index contributed by atoms with van der Waals surface area (Å²) < 4.78 is 38.5. The van der Waals surface area contributed by atoms with Gasteiger partial charge in [0.25, 0.3) is 0 Å². The number of aromatic nitrogens is 1. The monoisotopic (exact) mass is 407 g/mol. The van der Waals surface area contributed by atoms with E-state index < -0.39 is 10.0 Å². The number of sulfonamides is 1. The molecule has 0 bridgehead atoms. The zero-order valence-electron chi connectivity index (χ0n) is 16.1. The van der Waals surface area contributed by atoms with Crippen LogP contribution < -0.4 is 4.74 Å². The predicted molar refractivity (Wildman–Crippen MR) is 105 cm³/mol. The summed E-state index contributed by atoms with van der Waals surface area (Å²) in [5, 5.41) is 0.544. The number of carbonyl (C=O) groups excluding carboxylic acids is 1. The van der Waals surface area contributed by atoms with E-state index in [4.69, 9.17) is 9.47 Å². The largest absolute Gasteiger partial charge is 0.492 e. The number of carbonyl (C=O) groups is 1. The molecule has 1 fully saturated rings. The van der Waals surface area contributed by atoms with E-state index in [0.717, 1.165) is 0 Å². The number of rotatable bonds is 7. The molecule has 1 saturated heterocycles. The first-order valence-electron chi connectivity index (χ1n) is 9.36. The standard InChI is InChI=1S/C19H25N3O5S/c1-3-26-16-7-8-17(15-6-5-9-20-19(15)16)28(24,25)22-12-10-21(11-13-22)14-18(23)27-4-2/h5-9H,3-4,10-14H2,1-2H3. The molecule has 152 valence electrons. The molecule has 1 aliphatic rings. The quantitative estimate of drug-likeness (QED) is 0.643. The van der Waals surface area contributed by atoms with Gasteiger partial charge in [0.15, 0.2) is 0 Å². The van der Waals surface area contributed by atoms with Gasteiger partial charge in [0.05, 0.1) is 24.7 Å². The van der Waals surface area contributed by atoms with Gasteiger partial charge in [0.1, 0.15) is 11.3 Å². The molecule has 1 aliphatic heterocycles. The summed E-state index contributed by atoms with van der Waals surface area (Å²) in [6.45, 7) is 6.21. The van der Waals surface area contributed by atoms with E-state index >= 15 is 0 Å². The van der Waals surface area contributed by atoms with Crippen LogP contribution in [0.3, 0.4) is 0 Å². The van der Waals surface area contributed by atoms with Gasteiger partial charge in [-0.1, -0.05) is 0 Å². The Morgan fingerprint density at radius 1 is 1.11 bits per heavy atom. The summed E-state index contributed by atoms with van der Waals surface area (Å²) in [5.41, 5.74) is 0.534. The van der Waals surface area contributed by atoms with E-state index in [0.29, 0.717) is 56.0 Å². The minimum Gasteiger partial charge on any atom is -0.492 e. The van der Waals surface area contributed by atoms with Crippen molar-refractivity contribution in [3.8, 4) is 5.75 Å². The van der Waals surface area contributed by atoms with Crippen LogP contribution in [-0.4, -0.2) is 74.5 Å². The van der Waals surface area contributed by atoms with E-state index in [1.54, 1.807) is 37.4 Å². The third kappa shape index (κ3) is 4.26. The van der Waals surface area contributed by atoms with Crippen molar-refractivity contribution in [3.63, 3.8) is 0 Å². The first-order valence-corrected chi connectivity index (χ1v) is 10.8. The van der Waals surface area contributed by atoms with Crippen LogP contribution in [0.15, 0.2) is 35.4 Å². The number of nitrogens with zero attached hydrogens (tertiary/aromatic N) is 3.